The van der Waals surface area contributed by atoms with E-state index in [-0.39, 0.29) is 16.5 Å². The van der Waals surface area contributed by atoms with Gasteiger partial charge in [-0.15, -0.1) is 0 Å². The van der Waals surface area contributed by atoms with Crippen LogP contribution < -0.4 is 16.0 Å². The molecule has 104 valence electrons. The van der Waals surface area contributed by atoms with Crippen LogP contribution in [0.1, 0.15) is 19.8 Å². The number of hydrogen-bond donors (Lipinski definition) is 2. The van der Waals surface area contributed by atoms with Gasteiger partial charge in [0.05, 0.1) is 4.92 Å². The summed E-state index contributed by atoms with van der Waals surface area (Å²) >= 11 is 5.77. The number of halogens is 1. The molecule has 0 aliphatic carbocycles. The third kappa shape index (κ3) is 4.08. The van der Waals surface area contributed by atoms with E-state index in [0.29, 0.717) is 12.8 Å². The lowest BCUT2D eigenvalue weighted by atomic mass is 10.2. The lowest BCUT2D eigenvalue weighted by Gasteiger charge is -2.16. The molecule has 0 aromatic heterocycles. The van der Waals surface area contributed by atoms with E-state index >= 15 is 0 Å². The highest BCUT2D eigenvalue weighted by molar-refractivity contribution is 6.30. The Balaban J connectivity index is 3.04. The van der Waals surface area contributed by atoms with Crippen LogP contribution in [0.3, 0.4) is 0 Å². The average Bonchev–Trinajstić information content (AvgIpc) is 2.37. The van der Waals surface area contributed by atoms with E-state index in [2.05, 4.69) is 0 Å². The number of ether oxygens (including phenoxy) is 1. The molecule has 0 fully saturated rings. The summed E-state index contributed by atoms with van der Waals surface area (Å²) in [5.74, 6) is 4.44. The van der Waals surface area contributed by atoms with Crippen LogP contribution in [0.5, 0.6) is 5.75 Å². The van der Waals surface area contributed by atoms with Crippen LogP contribution in [0, 0.1) is 10.1 Å². The first-order chi connectivity index (χ1) is 8.99. The van der Waals surface area contributed by atoms with E-state index in [0.717, 1.165) is 0 Å². The van der Waals surface area contributed by atoms with Crippen molar-refractivity contribution in [2.75, 3.05) is 0 Å². The van der Waals surface area contributed by atoms with Gasteiger partial charge in [-0.1, -0.05) is 24.9 Å². The molecule has 1 aromatic rings. The fraction of sp³-hybridized carbons (Fsp3) is 0.364. The van der Waals surface area contributed by atoms with Crippen LogP contribution in [0.25, 0.3) is 0 Å². The van der Waals surface area contributed by atoms with Gasteiger partial charge in [0.25, 0.3) is 5.91 Å². The summed E-state index contributed by atoms with van der Waals surface area (Å²) in [6, 6.07) is 3.90. The van der Waals surface area contributed by atoms with Crippen molar-refractivity contribution in [1.29, 1.82) is 0 Å². The number of hydrazine groups is 1. The van der Waals surface area contributed by atoms with Gasteiger partial charge in [0.15, 0.2) is 11.9 Å². The highest BCUT2D eigenvalue weighted by Gasteiger charge is 2.23. The lowest BCUT2D eigenvalue weighted by molar-refractivity contribution is -0.386. The number of carbonyl (C=O) groups is 1. The second kappa shape index (κ2) is 6.91. The van der Waals surface area contributed by atoms with Crippen molar-refractivity contribution in [3.8, 4) is 5.75 Å². The van der Waals surface area contributed by atoms with E-state index in [1.165, 1.54) is 18.2 Å². The van der Waals surface area contributed by atoms with Gasteiger partial charge in [-0.2, -0.15) is 0 Å². The van der Waals surface area contributed by atoms with E-state index in [1.807, 2.05) is 12.3 Å². The zero-order chi connectivity index (χ0) is 14.4. The minimum atomic E-state index is -0.896. The van der Waals surface area contributed by atoms with Gasteiger partial charge in [0, 0.05) is 17.2 Å². The minimum Gasteiger partial charge on any atom is -0.473 e. The first kappa shape index (κ1) is 15.2. The van der Waals surface area contributed by atoms with Gasteiger partial charge >= 0.3 is 5.69 Å². The number of nitrogens with one attached hydrogen (secondary N) is 1. The molecule has 1 amide bonds. The summed E-state index contributed by atoms with van der Waals surface area (Å²) in [5, 5.41) is 11.2. The van der Waals surface area contributed by atoms with Gasteiger partial charge in [-0.25, -0.2) is 5.84 Å². The molecule has 0 radical (unpaired) electrons. The summed E-state index contributed by atoms with van der Waals surface area (Å²) in [6.07, 6.45) is 0.145. The Morgan fingerprint density at radius 1 is 1.63 bits per heavy atom. The van der Waals surface area contributed by atoms with E-state index in [4.69, 9.17) is 22.2 Å². The van der Waals surface area contributed by atoms with Crippen molar-refractivity contribution in [3.63, 3.8) is 0 Å². The average molecular weight is 288 g/mol. The molecular formula is C11H14ClN3O4. The quantitative estimate of drug-likeness (QED) is 0.359. The molecule has 0 saturated heterocycles. The largest absolute Gasteiger partial charge is 0.473 e. The topological polar surface area (TPSA) is 107 Å². The molecule has 1 rings (SSSR count). The summed E-state index contributed by atoms with van der Waals surface area (Å²) < 4.78 is 5.36. The Morgan fingerprint density at radius 2 is 2.32 bits per heavy atom. The number of nitro groups is 1. The molecule has 3 N–H and O–H groups in total. The smallest absolute Gasteiger partial charge is 0.311 e. The first-order valence-corrected chi connectivity index (χ1v) is 5.98. The monoisotopic (exact) mass is 287 g/mol. The van der Waals surface area contributed by atoms with Crippen molar-refractivity contribution in [1.82, 2.24) is 5.43 Å². The summed E-state index contributed by atoms with van der Waals surface area (Å²) in [5.41, 5.74) is 1.71. The van der Waals surface area contributed by atoms with Crippen molar-refractivity contribution in [3.05, 3.63) is 33.3 Å². The molecule has 8 heteroatoms. The zero-order valence-electron chi connectivity index (χ0n) is 10.3. The predicted molar refractivity (Wildman–Crippen MR) is 69.8 cm³/mol. The molecule has 19 heavy (non-hydrogen) atoms. The maximum Gasteiger partial charge on any atom is 0.311 e. The zero-order valence-corrected chi connectivity index (χ0v) is 11.0. The van der Waals surface area contributed by atoms with Crippen LogP contribution in [0.4, 0.5) is 5.69 Å². The third-order valence-electron chi connectivity index (χ3n) is 2.37. The maximum absolute atomic E-state index is 11.5. The van der Waals surface area contributed by atoms with Crippen LogP contribution >= 0.6 is 11.6 Å². The number of nitrogens with zero attached hydrogens (tertiary/aromatic N) is 1. The lowest BCUT2D eigenvalue weighted by Crippen LogP contribution is -2.42. The first-order valence-electron chi connectivity index (χ1n) is 5.60. The van der Waals surface area contributed by atoms with Crippen molar-refractivity contribution < 1.29 is 14.5 Å². The molecule has 1 unspecified atom stereocenters. The number of carbonyl (C=O) groups excluding carboxylic acids is 1. The van der Waals surface area contributed by atoms with Crippen molar-refractivity contribution in [2.24, 2.45) is 5.84 Å². The van der Waals surface area contributed by atoms with Crippen LogP contribution in [-0.4, -0.2) is 16.9 Å². The van der Waals surface area contributed by atoms with Gasteiger partial charge < -0.3 is 4.74 Å². The predicted octanol–water partition coefficient (Wildman–Crippen LogP) is 1.79. The van der Waals surface area contributed by atoms with Gasteiger partial charge in [-0.3, -0.25) is 20.3 Å². The Kier molecular flexibility index (Phi) is 5.53. The number of benzene rings is 1. The Labute approximate surface area is 114 Å². The maximum atomic E-state index is 11.5. The van der Waals surface area contributed by atoms with Gasteiger partial charge in [0.2, 0.25) is 0 Å². The fourth-order valence-corrected chi connectivity index (χ4v) is 1.65. The van der Waals surface area contributed by atoms with Crippen LogP contribution in [-0.2, 0) is 4.79 Å². The molecule has 0 saturated carbocycles. The standard InChI is InChI=1S/C11H14ClN3O4/c1-2-3-9(11(16)14-13)19-10-6-7(12)4-5-8(10)15(17)18/h4-6,9H,2-3,13H2,1H3,(H,14,16). The number of hydrogen-bond acceptors (Lipinski definition) is 5. The van der Waals surface area contributed by atoms with E-state index < -0.39 is 16.9 Å². The molecule has 7 nitrogen and oxygen atoms in total. The normalized spacial score (nSPS) is 11.7. The molecule has 0 heterocycles. The highest BCUT2D eigenvalue weighted by Crippen LogP contribution is 2.31. The third-order valence-corrected chi connectivity index (χ3v) is 2.61. The molecule has 1 aromatic carbocycles. The molecule has 0 aliphatic rings. The SMILES string of the molecule is CCCC(Oc1cc(Cl)ccc1[N+](=O)[O-])C(=O)NN. The number of nitro benzene ring substituents is 1. The van der Waals surface area contributed by atoms with Crippen LogP contribution in [0.15, 0.2) is 18.2 Å². The van der Waals surface area contributed by atoms with E-state index in [9.17, 15) is 14.9 Å². The number of amides is 1. The molecule has 0 bridgehead atoms. The minimum absolute atomic E-state index is 0.0560. The van der Waals surface area contributed by atoms with Crippen molar-refractivity contribution >= 4 is 23.2 Å². The van der Waals surface area contributed by atoms with Crippen LogP contribution in [0.2, 0.25) is 5.02 Å². The van der Waals surface area contributed by atoms with Gasteiger partial charge in [0.1, 0.15) is 0 Å². The Morgan fingerprint density at radius 3 is 2.84 bits per heavy atom. The molecule has 0 spiro atoms. The van der Waals surface area contributed by atoms with Crippen molar-refractivity contribution in [2.45, 2.75) is 25.9 Å². The second-order valence-corrected chi connectivity index (χ2v) is 4.21. The van der Waals surface area contributed by atoms with Gasteiger partial charge in [-0.05, 0) is 12.5 Å². The molecule has 1 atom stereocenters. The number of nitrogens with two attached hydrogens (primary N) is 1. The Hall–Kier alpha value is -1.86. The van der Waals surface area contributed by atoms with E-state index in [1.54, 1.807) is 0 Å². The second-order valence-electron chi connectivity index (χ2n) is 3.77. The molecular weight excluding hydrogens is 274 g/mol. The Bertz CT molecular complexity index is 481. The number of rotatable bonds is 6. The summed E-state index contributed by atoms with van der Waals surface area (Å²) in [7, 11) is 0. The summed E-state index contributed by atoms with van der Waals surface area (Å²) in [6.45, 7) is 1.85. The molecule has 0 aliphatic heterocycles. The fourth-order valence-electron chi connectivity index (χ4n) is 1.49. The summed E-state index contributed by atoms with van der Waals surface area (Å²) in [4.78, 5) is 21.8. The highest BCUT2D eigenvalue weighted by atomic mass is 35.5.